The molecule has 3 aliphatic rings. The number of nitrogens with one attached hydrogen (secondary N) is 2. The zero-order valence-corrected chi connectivity index (χ0v) is 14.7. The van der Waals surface area contributed by atoms with E-state index in [9.17, 15) is 4.79 Å². The lowest BCUT2D eigenvalue weighted by Gasteiger charge is -2.22. The zero-order valence-electron chi connectivity index (χ0n) is 14.7. The van der Waals surface area contributed by atoms with E-state index in [1.165, 1.54) is 25.7 Å². The van der Waals surface area contributed by atoms with E-state index in [1.807, 2.05) is 12.3 Å². The summed E-state index contributed by atoms with van der Waals surface area (Å²) in [5, 5.41) is 6.04. The van der Waals surface area contributed by atoms with Crippen molar-refractivity contribution in [3.05, 3.63) is 23.9 Å². The number of ether oxygens (including phenoxy) is 1. The normalized spacial score (nSPS) is 28.6. The lowest BCUT2D eigenvalue weighted by atomic mass is 9.96. The van der Waals surface area contributed by atoms with E-state index in [0.717, 1.165) is 43.7 Å². The van der Waals surface area contributed by atoms with E-state index >= 15 is 0 Å². The van der Waals surface area contributed by atoms with Crippen LogP contribution in [0.4, 0.5) is 10.6 Å². The Kier molecular flexibility index (Phi) is 5.06. The molecule has 3 saturated heterocycles. The van der Waals surface area contributed by atoms with E-state index < -0.39 is 0 Å². The van der Waals surface area contributed by atoms with Gasteiger partial charge in [0.25, 0.3) is 0 Å². The molecule has 6 nitrogen and oxygen atoms in total. The first-order valence-corrected chi connectivity index (χ1v) is 9.67. The topological polar surface area (TPSA) is 66.5 Å². The Morgan fingerprint density at radius 1 is 1.24 bits per heavy atom. The van der Waals surface area contributed by atoms with E-state index in [-0.39, 0.29) is 18.2 Å². The number of hydrogen-bond donors (Lipinski definition) is 2. The van der Waals surface area contributed by atoms with Crippen LogP contribution in [0.3, 0.4) is 0 Å². The molecule has 0 spiro atoms. The number of rotatable bonds is 4. The average molecular weight is 344 g/mol. The average Bonchev–Trinajstić information content (AvgIpc) is 3.13. The lowest BCUT2D eigenvalue weighted by Crippen LogP contribution is -2.46. The first-order chi connectivity index (χ1) is 12.3. The summed E-state index contributed by atoms with van der Waals surface area (Å²) in [4.78, 5) is 19.1. The van der Waals surface area contributed by atoms with Crippen molar-refractivity contribution < 1.29 is 9.53 Å². The fraction of sp³-hybridized carbons (Fsp3) is 0.684. The number of aromatic nitrogens is 1. The Balaban J connectivity index is 1.28. The van der Waals surface area contributed by atoms with Crippen LogP contribution in [0.1, 0.15) is 50.5 Å². The largest absolute Gasteiger partial charge is 0.373 e. The van der Waals surface area contributed by atoms with Gasteiger partial charge >= 0.3 is 6.03 Å². The van der Waals surface area contributed by atoms with Crippen LogP contribution in [-0.2, 0) is 11.3 Å². The second-order valence-electron chi connectivity index (χ2n) is 7.47. The Morgan fingerprint density at radius 2 is 2.08 bits per heavy atom. The van der Waals surface area contributed by atoms with Crippen LogP contribution in [-0.4, -0.2) is 42.4 Å². The molecule has 3 atom stereocenters. The summed E-state index contributed by atoms with van der Waals surface area (Å²) in [5.74, 6) is 1.03. The molecule has 1 aromatic heterocycles. The van der Waals surface area contributed by atoms with Gasteiger partial charge in [0.2, 0.25) is 0 Å². The van der Waals surface area contributed by atoms with Crippen LogP contribution in [0.15, 0.2) is 18.3 Å². The van der Waals surface area contributed by atoms with Gasteiger partial charge in [-0.05, 0) is 49.8 Å². The summed E-state index contributed by atoms with van der Waals surface area (Å²) in [6, 6.07) is 4.15. The van der Waals surface area contributed by atoms with Crippen LogP contribution >= 0.6 is 0 Å². The smallest absolute Gasteiger partial charge is 0.315 e. The number of carbonyl (C=O) groups excluding carboxylic acids is 1. The second-order valence-corrected chi connectivity index (χ2v) is 7.47. The molecule has 0 saturated carbocycles. The van der Waals surface area contributed by atoms with Crippen LogP contribution in [0.2, 0.25) is 0 Å². The Morgan fingerprint density at radius 3 is 2.80 bits per heavy atom. The Hall–Kier alpha value is -1.82. The van der Waals surface area contributed by atoms with Gasteiger partial charge in [0, 0.05) is 25.8 Å². The number of urea groups is 1. The highest BCUT2D eigenvalue weighted by atomic mass is 16.5. The van der Waals surface area contributed by atoms with Gasteiger partial charge in [0.05, 0.1) is 18.2 Å². The zero-order chi connectivity index (χ0) is 17.1. The predicted molar refractivity (Wildman–Crippen MR) is 96.6 cm³/mol. The number of pyridine rings is 1. The van der Waals surface area contributed by atoms with Gasteiger partial charge in [-0.15, -0.1) is 0 Å². The maximum Gasteiger partial charge on any atom is 0.315 e. The molecule has 3 aliphatic heterocycles. The molecule has 4 heterocycles. The fourth-order valence-electron chi connectivity index (χ4n) is 4.23. The Bertz CT molecular complexity index is 601. The van der Waals surface area contributed by atoms with E-state index in [1.54, 1.807) is 0 Å². The molecule has 6 heteroatoms. The molecule has 4 rings (SSSR count). The van der Waals surface area contributed by atoms with Crippen LogP contribution in [0.25, 0.3) is 0 Å². The number of carbonyl (C=O) groups is 1. The van der Waals surface area contributed by atoms with Gasteiger partial charge in [-0.25, -0.2) is 9.78 Å². The highest BCUT2D eigenvalue weighted by molar-refractivity contribution is 5.74. The molecular weight excluding hydrogens is 316 g/mol. The molecule has 2 bridgehead atoms. The molecule has 2 amide bonds. The fourth-order valence-corrected chi connectivity index (χ4v) is 4.23. The first-order valence-electron chi connectivity index (χ1n) is 9.67. The summed E-state index contributed by atoms with van der Waals surface area (Å²) in [5.41, 5.74) is 1.09. The third-order valence-corrected chi connectivity index (χ3v) is 5.62. The number of fused-ring (bicyclic) bond motifs is 2. The van der Waals surface area contributed by atoms with Crippen LogP contribution in [0, 0.1) is 0 Å². The van der Waals surface area contributed by atoms with Gasteiger partial charge in [0.15, 0.2) is 0 Å². The lowest BCUT2D eigenvalue weighted by molar-refractivity contribution is 0.0981. The SMILES string of the molecule is O=C(NCc1ccnc(N2CCCCCC2)c1)NC1CC2CCC1O2. The van der Waals surface area contributed by atoms with Crippen molar-refractivity contribution in [3.8, 4) is 0 Å². The highest BCUT2D eigenvalue weighted by Gasteiger charge is 2.41. The van der Waals surface area contributed by atoms with Gasteiger partial charge in [-0.2, -0.15) is 0 Å². The van der Waals surface area contributed by atoms with Gasteiger partial charge < -0.3 is 20.3 Å². The predicted octanol–water partition coefficient (Wildman–Crippen LogP) is 2.58. The van der Waals surface area contributed by atoms with Crippen LogP contribution < -0.4 is 15.5 Å². The minimum absolute atomic E-state index is 0.103. The van der Waals surface area contributed by atoms with E-state index in [0.29, 0.717) is 12.6 Å². The number of hydrogen-bond acceptors (Lipinski definition) is 4. The summed E-state index contributed by atoms with van der Waals surface area (Å²) < 4.78 is 5.79. The maximum absolute atomic E-state index is 12.2. The van der Waals surface area contributed by atoms with Crippen molar-refractivity contribution >= 4 is 11.8 Å². The molecule has 3 fully saturated rings. The first kappa shape index (κ1) is 16.6. The Labute approximate surface area is 149 Å². The van der Waals surface area contributed by atoms with Crippen molar-refractivity contribution in [2.75, 3.05) is 18.0 Å². The van der Waals surface area contributed by atoms with E-state index in [4.69, 9.17) is 4.74 Å². The van der Waals surface area contributed by atoms with Crippen molar-refractivity contribution in [3.63, 3.8) is 0 Å². The van der Waals surface area contributed by atoms with Crippen molar-refractivity contribution in [1.82, 2.24) is 15.6 Å². The standard InChI is InChI=1S/C19H28N4O2/c24-19(22-16-12-15-5-6-17(16)25-15)21-13-14-7-8-20-18(11-14)23-9-3-1-2-4-10-23/h7-8,11,15-17H,1-6,9-10,12-13H2,(H2,21,22,24). The molecule has 2 N–H and O–H groups in total. The third kappa shape index (κ3) is 4.06. The monoisotopic (exact) mass is 344 g/mol. The minimum atomic E-state index is -0.103. The van der Waals surface area contributed by atoms with Crippen molar-refractivity contribution in [2.24, 2.45) is 0 Å². The molecule has 0 radical (unpaired) electrons. The molecule has 0 aliphatic carbocycles. The quantitative estimate of drug-likeness (QED) is 0.881. The summed E-state index contributed by atoms with van der Waals surface area (Å²) in [6.07, 6.45) is 10.7. The van der Waals surface area contributed by atoms with Gasteiger partial charge in [-0.1, -0.05) is 12.8 Å². The van der Waals surface area contributed by atoms with Crippen LogP contribution in [0.5, 0.6) is 0 Å². The molecule has 3 unspecified atom stereocenters. The molecule has 0 aromatic carbocycles. The second kappa shape index (κ2) is 7.60. The minimum Gasteiger partial charge on any atom is -0.373 e. The van der Waals surface area contributed by atoms with Gasteiger partial charge in [-0.3, -0.25) is 0 Å². The highest BCUT2D eigenvalue weighted by Crippen LogP contribution is 2.34. The number of amides is 2. The maximum atomic E-state index is 12.2. The molecule has 1 aromatic rings. The van der Waals surface area contributed by atoms with Crippen molar-refractivity contribution in [2.45, 2.75) is 69.7 Å². The molecular formula is C19H28N4O2. The summed E-state index contributed by atoms with van der Waals surface area (Å²) >= 11 is 0. The summed E-state index contributed by atoms with van der Waals surface area (Å²) in [6.45, 7) is 2.68. The number of nitrogens with zero attached hydrogens (tertiary/aromatic N) is 2. The third-order valence-electron chi connectivity index (χ3n) is 5.62. The van der Waals surface area contributed by atoms with Gasteiger partial charge in [0.1, 0.15) is 5.82 Å². The number of anilines is 1. The van der Waals surface area contributed by atoms with Crippen molar-refractivity contribution in [1.29, 1.82) is 0 Å². The molecule has 136 valence electrons. The molecule has 25 heavy (non-hydrogen) atoms. The van der Waals surface area contributed by atoms with E-state index in [2.05, 4.69) is 26.6 Å². The summed E-state index contributed by atoms with van der Waals surface area (Å²) in [7, 11) is 0.